The number of hydrogen-bond donors (Lipinski definition) is 2. The number of piperidine rings is 1. The van der Waals surface area contributed by atoms with E-state index in [-0.39, 0.29) is 5.56 Å². The van der Waals surface area contributed by atoms with Crippen molar-refractivity contribution < 1.29 is 9.18 Å². The summed E-state index contributed by atoms with van der Waals surface area (Å²) in [4.78, 5) is 13.4. The van der Waals surface area contributed by atoms with Crippen LogP contribution in [-0.4, -0.2) is 25.5 Å². The van der Waals surface area contributed by atoms with Crippen molar-refractivity contribution in [1.29, 1.82) is 0 Å². The van der Waals surface area contributed by atoms with E-state index in [1.165, 1.54) is 6.07 Å². The lowest BCUT2D eigenvalue weighted by Crippen LogP contribution is -2.39. The van der Waals surface area contributed by atoms with Crippen molar-refractivity contribution in [2.45, 2.75) is 12.8 Å². The Bertz CT molecular complexity index is 450. The topological polar surface area (TPSA) is 72.3 Å². The molecule has 18 heavy (non-hydrogen) atoms. The highest BCUT2D eigenvalue weighted by Gasteiger charge is 2.23. The van der Waals surface area contributed by atoms with Crippen molar-refractivity contribution in [1.82, 2.24) is 0 Å². The molecule has 0 spiro atoms. The summed E-state index contributed by atoms with van der Waals surface area (Å²) in [7, 11) is 0. The van der Waals surface area contributed by atoms with E-state index in [0.717, 1.165) is 25.9 Å². The van der Waals surface area contributed by atoms with Gasteiger partial charge in [0.25, 0.3) is 5.91 Å². The van der Waals surface area contributed by atoms with E-state index in [9.17, 15) is 9.18 Å². The number of benzene rings is 1. The van der Waals surface area contributed by atoms with Crippen LogP contribution < -0.4 is 16.4 Å². The lowest BCUT2D eigenvalue weighted by Gasteiger charge is -2.34. The van der Waals surface area contributed by atoms with Crippen LogP contribution >= 0.6 is 0 Å². The first-order valence-electron chi connectivity index (χ1n) is 6.16. The van der Waals surface area contributed by atoms with Crippen LogP contribution in [0.3, 0.4) is 0 Å². The maximum atomic E-state index is 13.7. The maximum Gasteiger partial charge on any atom is 0.253 e. The van der Waals surface area contributed by atoms with Crippen molar-refractivity contribution in [2.75, 3.05) is 24.5 Å². The fraction of sp³-hybridized carbons (Fsp3) is 0.462. The van der Waals surface area contributed by atoms with Crippen LogP contribution in [0.2, 0.25) is 0 Å². The largest absolute Gasteiger partial charge is 0.370 e. The lowest BCUT2D eigenvalue weighted by molar-refractivity contribution is 0.0997. The van der Waals surface area contributed by atoms with Gasteiger partial charge in [0.1, 0.15) is 5.82 Å². The summed E-state index contributed by atoms with van der Waals surface area (Å²) in [5.41, 5.74) is 11.5. The molecule has 1 unspecified atom stereocenters. The summed E-state index contributed by atoms with van der Waals surface area (Å²) < 4.78 is 13.7. The Kier molecular flexibility index (Phi) is 3.81. The van der Waals surface area contributed by atoms with E-state index in [4.69, 9.17) is 11.5 Å². The number of carbonyl (C=O) groups is 1. The van der Waals surface area contributed by atoms with Crippen LogP contribution in [0.1, 0.15) is 23.2 Å². The Morgan fingerprint density at radius 3 is 2.94 bits per heavy atom. The standard InChI is InChI=1S/C13H18FN3O/c14-10-4-1-5-11(12(10)13(16)18)17-6-2-3-9(7-15)8-17/h1,4-5,9H,2-3,6-8,15H2,(H2,16,18). The molecule has 0 aromatic heterocycles. The van der Waals surface area contributed by atoms with Gasteiger partial charge in [-0.1, -0.05) is 6.07 Å². The summed E-state index contributed by atoms with van der Waals surface area (Å²) in [6, 6.07) is 4.60. The van der Waals surface area contributed by atoms with Crippen molar-refractivity contribution in [3.8, 4) is 0 Å². The van der Waals surface area contributed by atoms with E-state index in [1.807, 2.05) is 4.90 Å². The third-order valence-corrected chi connectivity index (χ3v) is 3.43. The molecule has 4 nitrogen and oxygen atoms in total. The second kappa shape index (κ2) is 5.35. The third kappa shape index (κ3) is 2.46. The van der Waals surface area contributed by atoms with Gasteiger partial charge in [-0.25, -0.2) is 4.39 Å². The first-order chi connectivity index (χ1) is 8.63. The smallest absolute Gasteiger partial charge is 0.253 e. The molecule has 0 aliphatic carbocycles. The van der Waals surface area contributed by atoms with E-state index in [2.05, 4.69) is 0 Å². The average Bonchev–Trinajstić information content (AvgIpc) is 2.38. The summed E-state index contributed by atoms with van der Waals surface area (Å²) in [6.45, 7) is 2.16. The van der Waals surface area contributed by atoms with Crippen molar-refractivity contribution >= 4 is 11.6 Å². The fourth-order valence-electron chi connectivity index (χ4n) is 2.50. The maximum absolute atomic E-state index is 13.7. The van der Waals surface area contributed by atoms with Crippen LogP contribution in [0.25, 0.3) is 0 Å². The normalized spacial score (nSPS) is 19.9. The lowest BCUT2D eigenvalue weighted by atomic mass is 9.97. The third-order valence-electron chi connectivity index (χ3n) is 3.43. The van der Waals surface area contributed by atoms with E-state index in [0.29, 0.717) is 18.2 Å². The summed E-state index contributed by atoms with van der Waals surface area (Å²) in [5.74, 6) is -0.893. The van der Waals surface area contributed by atoms with Gasteiger partial charge in [0.15, 0.2) is 0 Å². The average molecular weight is 251 g/mol. The first kappa shape index (κ1) is 12.8. The number of primary amides is 1. The van der Waals surface area contributed by atoms with E-state index in [1.54, 1.807) is 12.1 Å². The number of rotatable bonds is 3. The molecule has 1 heterocycles. The van der Waals surface area contributed by atoms with Crippen LogP contribution in [0.5, 0.6) is 0 Å². The molecule has 2 rings (SSSR count). The second-order valence-corrected chi connectivity index (χ2v) is 4.69. The number of carbonyl (C=O) groups excluding carboxylic acids is 1. The number of anilines is 1. The predicted octanol–water partition coefficient (Wildman–Crippen LogP) is 1.10. The van der Waals surface area contributed by atoms with Gasteiger partial charge in [-0.05, 0) is 37.4 Å². The molecule has 4 N–H and O–H groups in total. The van der Waals surface area contributed by atoms with Crippen LogP contribution in [0.15, 0.2) is 18.2 Å². The molecule has 0 bridgehead atoms. The Labute approximate surface area is 106 Å². The van der Waals surface area contributed by atoms with Gasteiger partial charge >= 0.3 is 0 Å². The zero-order chi connectivity index (χ0) is 13.1. The number of halogens is 1. The molecule has 1 fully saturated rings. The molecule has 1 atom stereocenters. The molecule has 98 valence electrons. The molecule has 1 saturated heterocycles. The van der Waals surface area contributed by atoms with Gasteiger partial charge in [-0.15, -0.1) is 0 Å². The van der Waals surface area contributed by atoms with Crippen LogP contribution in [0, 0.1) is 11.7 Å². The van der Waals surface area contributed by atoms with Gasteiger partial charge in [-0.2, -0.15) is 0 Å². The Balaban J connectivity index is 2.32. The van der Waals surface area contributed by atoms with Gasteiger partial charge in [-0.3, -0.25) is 4.79 Å². The minimum absolute atomic E-state index is 0.0184. The minimum atomic E-state index is -0.724. The van der Waals surface area contributed by atoms with Crippen molar-refractivity contribution in [3.05, 3.63) is 29.6 Å². The Morgan fingerprint density at radius 2 is 2.28 bits per heavy atom. The van der Waals surface area contributed by atoms with Gasteiger partial charge in [0.2, 0.25) is 0 Å². The Hall–Kier alpha value is -1.62. The zero-order valence-corrected chi connectivity index (χ0v) is 10.2. The van der Waals surface area contributed by atoms with Gasteiger partial charge in [0, 0.05) is 13.1 Å². The summed E-state index contributed by atoms with van der Waals surface area (Å²) >= 11 is 0. The number of amides is 1. The summed E-state index contributed by atoms with van der Waals surface area (Å²) in [5, 5.41) is 0. The van der Waals surface area contributed by atoms with Crippen LogP contribution in [-0.2, 0) is 0 Å². The highest BCUT2D eigenvalue weighted by Crippen LogP contribution is 2.27. The monoisotopic (exact) mass is 251 g/mol. The van der Waals surface area contributed by atoms with Gasteiger partial charge < -0.3 is 16.4 Å². The first-order valence-corrected chi connectivity index (χ1v) is 6.16. The van der Waals surface area contributed by atoms with Crippen molar-refractivity contribution in [2.24, 2.45) is 17.4 Å². The zero-order valence-electron chi connectivity index (χ0n) is 10.2. The Morgan fingerprint density at radius 1 is 1.50 bits per heavy atom. The fourth-order valence-corrected chi connectivity index (χ4v) is 2.50. The van der Waals surface area contributed by atoms with Crippen molar-refractivity contribution in [3.63, 3.8) is 0 Å². The van der Waals surface area contributed by atoms with Crippen LogP contribution in [0.4, 0.5) is 10.1 Å². The van der Waals surface area contributed by atoms with Gasteiger partial charge in [0.05, 0.1) is 11.3 Å². The molecule has 1 aromatic rings. The molecule has 1 amide bonds. The minimum Gasteiger partial charge on any atom is -0.370 e. The molecule has 5 heteroatoms. The van der Waals surface area contributed by atoms with E-state index < -0.39 is 11.7 Å². The number of hydrogen-bond acceptors (Lipinski definition) is 3. The molecule has 0 radical (unpaired) electrons. The highest BCUT2D eigenvalue weighted by atomic mass is 19.1. The second-order valence-electron chi connectivity index (χ2n) is 4.69. The quantitative estimate of drug-likeness (QED) is 0.845. The number of nitrogens with two attached hydrogens (primary N) is 2. The summed E-state index contributed by atoms with van der Waals surface area (Å²) in [6.07, 6.45) is 2.07. The number of nitrogens with zero attached hydrogens (tertiary/aromatic N) is 1. The predicted molar refractivity (Wildman–Crippen MR) is 68.9 cm³/mol. The molecular formula is C13H18FN3O. The molecule has 0 saturated carbocycles. The molecular weight excluding hydrogens is 233 g/mol. The molecule has 1 aliphatic heterocycles. The van der Waals surface area contributed by atoms with E-state index >= 15 is 0 Å². The molecule has 1 aromatic carbocycles. The highest BCUT2D eigenvalue weighted by molar-refractivity contribution is 5.99. The SMILES string of the molecule is NCC1CCCN(c2cccc(F)c2C(N)=O)C1. The molecule has 1 aliphatic rings.